The Morgan fingerprint density at radius 1 is 1.50 bits per heavy atom. The first-order chi connectivity index (χ1) is 9.49. The van der Waals surface area contributed by atoms with Gasteiger partial charge in [-0.25, -0.2) is 0 Å². The molecule has 0 bridgehead atoms. The van der Waals surface area contributed by atoms with Crippen LogP contribution in [0.15, 0.2) is 18.2 Å². The molecule has 20 heavy (non-hydrogen) atoms. The Balaban J connectivity index is 2.17. The van der Waals surface area contributed by atoms with Crippen LogP contribution in [-0.2, 0) is 4.79 Å². The molecule has 110 valence electrons. The molecule has 0 amide bonds. The van der Waals surface area contributed by atoms with E-state index in [4.69, 9.17) is 28.3 Å². The molecule has 1 N–H and O–H groups in total. The van der Waals surface area contributed by atoms with E-state index in [0.29, 0.717) is 10.0 Å². The Morgan fingerprint density at radius 2 is 2.25 bits per heavy atom. The fraction of sp³-hybridized carbons (Fsp3) is 0.500. The fourth-order valence-corrected chi connectivity index (χ4v) is 3.91. The van der Waals surface area contributed by atoms with Crippen molar-refractivity contribution in [3.8, 4) is 0 Å². The van der Waals surface area contributed by atoms with E-state index in [1.807, 2.05) is 23.9 Å². The third-order valence-corrected chi connectivity index (χ3v) is 5.44. The maximum Gasteiger partial charge on any atom is 0.304 e. The lowest BCUT2D eigenvalue weighted by Crippen LogP contribution is -2.44. The molecule has 1 aromatic carbocycles. The second-order valence-corrected chi connectivity index (χ2v) is 6.88. The molecule has 2 atom stereocenters. The third kappa shape index (κ3) is 3.82. The molecule has 3 nitrogen and oxygen atoms in total. The van der Waals surface area contributed by atoms with Crippen molar-refractivity contribution in [1.29, 1.82) is 0 Å². The normalized spacial score (nSPS) is 21.6. The molecule has 1 aliphatic heterocycles. The zero-order valence-electron chi connectivity index (χ0n) is 11.2. The minimum Gasteiger partial charge on any atom is -0.481 e. The minimum absolute atomic E-state index is 0.0655. The van der Waals surface area contributed by atoms with Gasteiger partial charge in [-0.3, -0.25) is 9.69 Å². The van der Waals surface area contributed by atoms with Crippen molar-refractivity contribution in [1.82, 2.24) is 4.90 Å². The number of hydrogen-bond donors (Lipinski definition) is 1. The van der Waals surface area contributed by atoms with E-state index >= 15 is 0 Å². The van der Waals surface area contributed by atoms with Gasteiger partial charge in [-0.15, -0.1) is 0 Å². The molecule has 0 aliphatic carbocycles. The highest BCUT2D eigenvalue weighted by Crippen LogP contribution is 2.32. The number of carboxylic acids is 1. The number of benzene rings is 1. The van der Waals surface area contributed by atoms with Crippen LogP contribution in [0.5, 0.6) is 0 Å². The summed E-state index contributed by atoms with van der Waals surface area (Å²) in [4.78, 5) is 13.3. The average molecular weight is 334 g/mol. The lowest BCUT2D eigenvalue weighted by Gasteiger charge is -2.39. The average Bonchev–Trinajstić information content (AvgIpc) is 2.41. The van der Waals surface area contributed by atoms with Gasteiger partial charge < -0.3 is 5.11 Å². The Kier molecular flexibility index (Phi) is 5.61. The van der Waals surface area contributed by atoms with Gasteiger partial charge in [0.25, 0.3) is 0 Å². The SMILES string of the molecule is CC(c1ccc(Cl)c(Cl)c1)N1CCSCC1CC(=O)O. The first-order valence-corrected chi connectivity index (χ1v) is 8.40. The molecule has 2 unspecified atom stereocenters. The highest BCUT2D eigenvalue weighted by atomic mass is 35.5. The summed E-state index contributed by atoms with van der Waals surface area (Å²) in [5, 5.41) is 10.1. The van der Waals surface area contributed by atoms with E-state index < -0.39 is 5.97 Å². The molecule has 1 aliphatic rings. The molecule has 1 heterocycles. The summed E-state index contributed by atoms with van der Waals surface area (Å²) in [6, 6.07) is 5.82. The lowest BCUT2D eigenvalue weighted by atomic mass is 10.0. The molecule has 6 heteroatoms. The fourth-order valence-electron chi connectivity index (χ4n) is 2.52. The summed E-state index contributed by atoms with van der Waals surface area (Å²) >= 11 is 13.8. The van der Waals surface area contributed by atoms with E-state index in [1.165, 1.54) is 0 Å². The van der Waals surface area contributed by atoms with Gasteiger partial charge in [0, 0.05) is 30.1 Å². The Bertz CT molecular complexity index is 498. The number of carbonyl (C=O) groups is 1. The smallest absolute Gasteiger partial charge is 0.304 e. The van der Waals surface area contributed by atoms with Crippen molar-refractivity contribution in [2.75, 3.05) is 18.1 Å². The molecule has 1 aromatic rings. The van der Waals surface area contributed by atoms with Gasteiger partial charge in [0.2, 0.25) is 0 Å². The summed E-state index contributed by atoms with van der Waals surface area (Å²) in [6.45, 7) is 2.98. The van der Waals surface area contributed by atoms with Gasteiger partial charge in [-0.1, -0.05) is 29.3 Å². The van der Waals surface area contributed by atoms with E-state index in [2.05, 4.69) is 11.8 Å². The number of rotatable bonds is 4. The second kappa shape index (κ2) is 7.03. The summed E-state index contributed by atoms with van der Waals surface area (Å²) in [5.41, 5.74) is 1.07. The number of nitrogens with zero attached hydrogens (tertiary/aromatic N) is 1. The monoisotopic (exact) mass is 333 g/mol. The van der Waals surface area contributed by atoms with Gasteiger partial charge in [-0.2, -0.15) is 11.8 Å². The first-order valence-electron chi connectivity index (χ1n) is 6.49. The number of aliphatic carboxylic acids is 1. The molecular formula is C14H17Cl2NO2S. The molecule has 1 saturated heterocycles. The molecule has 0 spiro atoms. The van der Waals surface area contributed by atoms with E-state index in [9.17, 15) is 4.79 Å². The molecule has 0 saturated carbocycles. The van der Waals surface area contributed by atoms with E-state index in [-0.39, 0.29) is 18.5 Å². The third-order valence-electron chi connectivity index (χ3n) is 3.61. The van der Waals surface area contributed by atoms with Crippen LogP contribution in [0.25, 0.3) is 0 Å². The summed E-state index contributed by atoms with van der Waals surface area (Å²) in [5.74, 6) is 1.14. The Morgan fingerprint density at radius 3 is 2.90 bits per heavy atom. The van der Waals surface area contributed by atoms with Crippen LogP contribution in [0, 0.1) is 0 Å². The van der Waals surface area contributed by atoms with E-state index in [0.717, 1.165) is 23.6 Å². The van der Waals surface area contributed by atoms with Gasteiger partial charge in [0.1, 0.15) is 0 Å². The number of carboxylic acid groups (broad SMARTS) is 1. The Labute approximate surface area is 133 Å². The summed E-state index contributed by atoms with van der Waals surface area (Å²) in [7, 11) is 0. The molecule has 1 fully saturated rings. The van der Waals surface area contributed by atoms with Crippen LogP contribution >= 0.6 is 35.0 Å². The number of halogens is 2. The predicted octanol–water partition coefficient (Wildman–Crippen LogP) is 3.95. The van der Waals surface area contributed by atoms with Crippen molar-refractivity contribution in [2.45, 2.75) is 25.4 Å². The van der Waals surface area contributed by atoms with Crippen molar-refractivity contribution < 1.29 is 9.90 Å². The van der Waals surface area contributed by atoms with Crippen LogP contribution in [0.3, 0.4) is 0 Å². The van der Waals surface area contributed by atoms with Crippen molar-refractivity contribution in [2.24, 2.45) is 0 Å². The van der Waals surface area contributed by atoms with Gasteiger partial charge in [-0.05, 0) is 24.6 Å². The number of thioether (sulfide) groups is 1. The van der Waals surface area contributed by atoms with Crippen LogP contribution in [0.1, 0.15) is 24.9 Å². The molecular weight excluding hydrogens is 317 g/mol. The summed E-state index contributed by atoms with van der Waals surface area (Å²) < 4.78 is 0. The van der Waals surface area contributed by atoms with Crippen molar-refractivity contribution >= 4 is 40.9 Å². The highest BCUT2D eigenvalue weighted by molar-refractivity contribution is 7.99. The lowest BCUT2D eigenvalue weighted by molar-refractivity contribution is -0.138. The van der Waals surface area contributed by atoms with Crippen LogP contribution in [-0.4, -0.2) is 40.1 Å². The quantitative estimate of drug-likeness (QED) is 0.905. The molecule has 0 radical (unpaired) electrons. The maximum atomic E-state index is 11.0. The van der Waals surface area contributed by atoms with Crippen LogP contribution in [0.4, 0.5) is 0 Å². The van der Waals surface area contributed by atoms with Crippen LogP contribution in [0.2, 0.25) is 10.0 Å². The van der Waals surface area contributed by atoms with Crippen LogP contribution < -0.4 is 0 Å². The van der Waals surface area contributed by atoms with Gasteiger partial charge in [0.05, 0.1) is 16.5 Å². The number of hydrogen-bond acceptors (Lipinski definition) is 3. The van der Waals surface area contributed by atoms with Gasteiger partial charge >= 0.3 is 5.97 Å². The van der Waals surface area contributed by atoms with Gasteiger partial charge in [0.15, 0.2) is 0 Å². The maximum absolute atomic E-state index is 11.0. The second-order valence-electron chi connectivity index (χ2n) is 4.91. The van der Waals surface area contributed by atoms with Crippen molar-refractivity contribution in [3.63, 3.8) is 0 Å². The summed E-state index contributed by atoms with van der Waals surface area (Å²) in [6.07, 6.45) is 0.179. The standard InChI is InChI=1S/C14H17Cl2NO2S/c1-9(10-2-3-12(15)13(16)6-10)17-4-5-20-8-11(17)7-14(18)19/h2-3,6,9,11H,4-5,7-8H2,1H3,(H,18,19). The zero-order valence-corrected chi connectivity index (χ0v) is 13.5. The predicted molar refractivity (Wildman–Crippen MR) is 84.9 cm³/mol. The minimum atomic E-state index is -0.746. The molecule has 2 rings (SSSR count). The first kappa shape index (κ1) is 16.0. The largest absolute Gasteiger partial charge is 0.481 e. The zero-order chi connectivity index (χ0) is 14.7. The Hall–Kier alpha value is -0.420. The van der Waals surface area contributed by atoms with E-state index in [1.54, 1.807) is 6.07 Å². The highest BCUT2D eigenvalue weighted by Gasteiger charge is 2.29. The van der Waals surface area contributed by atoms with Crippen molar-refractivity contribution in [3.05, 3.63) is 33.8 Å². The molecule has 0 aromatic heterocycles. The topological polar surface area (TPSA) is 40.5 Å².